The number of halogens is 1. The van der Waals surface area contributed by atoms with Gasteiger partial charge in [-0.05, 0) is 23.6 Å². The molecule has 0 saturated carbocycles. The molecule has 0 atom stereocenters. The fourth-order valence-electron chi connectivity index (χ4n) is 1.47. The summed E-state index contributed by atoms with van der Waals surface area (Å²) in [5.41, 5.74) is 2.40. The zero-order valence-electron chi connectivity index (χ0n) is 8.55. The Bertz CT molecular complexity index is 438. The second kappa shape index (κ2) is 5.39. The maximum atomic E-state index is 8.92. The van der Waals surface area contributed by atoms with Crippen LogP contribution in [0, 0.1) is 22.7 Å². The average molecular weight is 219 g/mol. The number of aryl methyl sites for hydroxylation is 1. The third-order valence-corrected chi connectivity index (χ3v) is 2.53. The summed E-state index contributed by atoms with van der Waals surface area (Å²) in [6.45, 7) is 2.06. The zero-order chi connectivity index (χ0) is 11.3. The van der Waals surface area contributed by atoms with E-state index in [-0.39, 0.29) is 0 Å². The van der Waals surface area contributed by atoms with Gasteiger partial charge >= 0.3 is 0 Å². The number of nitriles is 2. The lowest BCUT2D eigenvalue weighted by Crippen LogP contribution is -1.94. The van der Waals surface area contributed by atoms with Crippen molar-refractivity contribution in [2.24, 2.45) is 0 Å². The summed E-state index contributed by atoms with van der Waals surface area (Å²) >= 11 is 5.96. The van der Waals surface area contributed by atoms with Crippen molar-refractivity contribution in [1.82, 2.24) is 0 Å². The molecule has 15 heavy (non-hydrogen) atoms. The molecule has 0 aliphatic heterocycles. The van der Waals surface area contributed by atoms with Crippen LogP contribution in [0.4, 0.5) is 0 Å². The van der Waals surface area contributed by atoms with Crippen molar-refractivity contribution in [3.05, 3.63) is 33.8 Å². The van der Waals surface area contributed by atoms with Gasteiger partial charge in [-0.3, -0.25) is 0 Å². The first-order chi connectivity index (χ1) is 7.22. The van der Waals surface area contributed by atoms with E-state index >= 15 is 0 Å². The van der Waals surface area contributed by atoms with E-state index in [2.05, 4.69) is 19.1 Å². The number of hydrogen-bond acceptors (Lipinski definition) is 2. The molecule has 0 aliphatic carbocycles. The smallest absolute Gasteiger partial charge is 0.0995 e. The van der Waals surface area contributed by atoms with Crippen LogP contribution < -0.4 is 0 Å². The van der Waals surface area contributed by atoms with Gasteiger partial charge in [-0.2, -0.15) is 10.5 Å². The highest BCUT2D eigenvalue weighted by molar-refractivity contribution is 6.31. The Morgan fingerprint density at radius 2 is 2.00 bits per heavy atom. The van der Waals surface area contributed by atoms with Gasteiger partial charge in [-0.25, -0.2) is 0 Å². The lowest BCUT2D eigenvalue weighted by molar-refractivity contribution is 0.915. The second-order valence-corrected chi connectivity index (χ2v) is 3.70. The number of rotatable bonds is 3. The highest BCUT2D eigenvalue weighted by Crippen LogP contribution is 2.22. The third kappa shape index (κ3) is 2.72. The van der Waals surface area contributed by atoms with E-state index in [0.29, 0.717) is 17.0 Å². The van der Waals surface area contributed by atoms with Gasteiger partial charge in [-0.15, -0.1) is 0 Å². The number of benzene rings is 1. The molecule has 0 heterocycles. The summed E-state index contributed by atoms with van der Waals surface area (Å²) in [4.78, 5) is 0. The Hall–Kier alpha value is -1.51. The van der Waals surface area contributed by atoms with Crippen LogP contribution in [0.1, 0.15) is 30.0 Å². The Kier molecular flexibility index (Phi) is 4.16. The predicted octanol–water partition coefficient (Wildman–Crippen LogP) is 3.23. The molecule has 1 aromatic carbocycles. The van der Waals surface area contributed by atoms with Crippen LogP contribution in [0.5, 0.6) is 0 Å². The molecule has 0 amide bonds. The predicted molar refractivity (Wildman–Crippen MR) is 59.5 cm³/mol. The van der Waals surface area contributed by atoms with Gasteiger partial charge in [-0.1, -0.05) is 31.0 Å². The van der Waals surface area contributed by atoms with E-state index in [1.54, 1.807) is 6.07 Å². The summed E-state index contributed by atoms with van der Waals surface area (Å²) in [7, 11) is 0. The summed E-state index contributed by atoms with van der Waals surface area (Å²) in [5, 5.41) is 18.0. The zero-order valence-corrected chi connectivity index (χ0v) is 9.30. The molecule has 0 saturated heterocycles. The van der Waals surface area contributed by atoms with E-state index in [9.17, 15) is 0 Å². The molecule has 0 aliphatic rings. The van der Waals surface area contributed by atoms with Crippen LogP contribution in [0.2, 0.25) is 5.02 Å². The van der Waals surface area contributed by atoms with Gasteiger partial charge in [0.1, 0.15) is 0 Å². The summed E-state index contributed by atoms with van der Waals surface area (Å²) < 4.78 is 0. The van der Waals surface area contributed by atoms with Crippen molar-refractivity contribution in [1.29, 1.82) is 10.5 Å². The van der Waals surface area contributed by atoms with E-state index in [1.165, 1.54) is 0 Å². The molecule has 0 radical (unpaired) electrons. The van der Waals surface area contributed by atoms with E-state index < -0.39 is 0 Å². The number of nitrogens with zero attached hydrogens (tertiary/aromatic N) is 2. The molecule has 1 aromatic rings. The van der Waals surface area contributed by atoms with Gasteiger partial charge in [0, 0.05) is 5.02 Å². The van der Waals surface area contributed by atoms with Crippen molar-refractivity contribution >= 4 is 11.6 Å². The molecule has 3 heteroatoms. The minimum Gasteiger partial charge on any atom is -0.198 e. The minimum absolute atomic E-state index is 0.293. The molecular formula is C12H11ClN2. The average Bonchev–Trinajstić information content (AvgIpc) is 2.23. The maximum Gasteiger partial charge on any atom is 0.0995 e. The van der Waals surface area contributed by atoms with E-state index in [0.717, 1.165) is 24.0 Å². The van der Waals surface area contributed by atoms with Gasteiger partial charge < -0.3 is 0 Å². The third-order valence-electron chi connectivity index (χ3n) is 2.18. The molecule has 0 N–H and O–H groups in total. The van der Waals surface area contributed by atoms with Crippen LogP contribution in [-0.4, -0.2) is 0 Å². The monoisotopic (exact) mass is 218 g/mol. The first kappa shape index (κ1) is 11.6. The first-order valence-corrected chi connectivity index (χ1v) is 5.19. The fraction of sp³-hybridized carbons (Fsp3) is 0.333. The first-order valence-electron chi connectivity index (χ1n) is 4.81. The van der Waals surface area contributed by atoms with Crippen LogP contribution in [0.25, 0.3) is 0 Å². The minimum atomic E-state index is 0.293. The SMILES string of the molecule is CCCc1cc(CC#N)c(Cl)cc1C#N. The maximum absolute atomic E-state index is 8.92. The molecule has 0 aromatic heterocycles. The van der Waals surface area contributed by atoms with Crippen LogP contribution in [0.15, 0.2) is 12.1 Å². The summed E-state index contributed by atoms with van der Waals surface area (Å²) in [6.07, 6.45) is 2.11. The van der Waals surface area contributed by atoms with Gasteiger partial charge in [0.05, 0.1) is 24.1 Å². The molecule has 0 spiro atoms. The van der Waals surface area contributed by atoms with Crippen LogP contribution >= 0.6 is 11.6 Å². The van der Waals surface area contributed by atoms with Crippen molar-refractivity contribution in [3.8, 4) is 12.1 Å². The quantitative estimate of drug-likeness (QED) is 0.782. The lowest BCUT2D eigenvalue weighted by Gasteiger charge is -2.06. The molecular weight excluding hydrogens is 208 g/mol. The van der Waals surface area contributed by atoms with Crippen molar-refractivity contribution < 1.29 is 0 Å². The molecule has 1 rings (SSSR count). The topological polar surface area (TPSA) is 47.6 Å². The molecule has 76 valence electrons. The molecule has 0 bridgehead atoms. The Labute approximate surface area is 94.7 Å². The largest absolute Gasteiger partial charge is 0.198 e. The Balaban J connectivity index is 3.20. The second-order valence-electron chi connectivity index (χ2n) is 3.30. The van der Waals surface area contributed by atoms with Crippen molar-refractivity contribution in [2.75, 3.05) is 0 Å². The Morgan fingerprint density at radius 3 is 2.53 bits per heavy atom. The summed E-state index contributed by atoms with van der Waals surface area (Å²) in [6, 6.07) is 7.71. The molecule has 0 unspecified atom stereocenters. The van der Waals surface area contributed by atoms with Gasteiger partial charge in [0.2, 0.25) is 0 Å². The molecule has 0 fully saturated rings. The highest BCUT2D eigenvalue weighted by atomic mass is 35.5. The fourth-order valence-corrected chi connectivity index (χ4v) is 1.70. The Morgan fingerprint density at radius 1 is 1.27 bits per heavy atom. The highest BCUT2D eigenvalue weighted by Gasteiger charge is 2.07. The van der Waals surface area contributed by atoms with E-state index in [1.807, 2.05) is 6.07 Å². The number of hydrogen-bond donors (Lipinski definition) is 0. The lowest BCUT2D eigenvalue weighted by atomic mass is 10.00. The van der Waals surface area contributed by atoms with E-state index in [4.69, 9.17) is 22.1 Å². The van der Waals surface area contributed by atoms with Crippen LogP contribution in [-0.2, 0) is 12.8 Å². The normalized spacial score (nSPS) is 9.33. The van der Waals surface area contributed by atoms with Crippen LogP contribution in [0.3, 0.4) is 0 Å². The van der Waals surface area contributed by atoms with Crippen molar-refractivity contribution in [3.63, 3.8) is 0 Å². The summed E-state index contributed by atoms with van der Waals surface area (Å²) in [5.74, 6) is 0. The molecule has 2 nitrogen and oxygen atoms in total. The van der Waals surface area contributed by atoms with Gasteiger partial charge in [0.25, 0.3) is 0 Å². The van der Waals surface area contributed by atoms with Gasteiger partial charge in [0.15, 0.2) is 0 Å². The standard InChI is InChI=1S/C12H11ClN2/c1-2-3-9-6-10(4-5-14)12(13)7-11(9)8-15/h6-7H,2-4H2,1H3. The van der Waals surface area contributed by atoms with Crippen molar-refractivity contribution in [2.45, 2.75) is 26.2 Å².